The summed E-state index contributed by atoms with van der Waals surface area (Å²) in [6.45, 7) is 3.39. The molecular formula is C13H17AsClN3O2S. The van der Waals surface area contributed by atoms with Crippen LogP contribution in [0.15, 0.2) is 41.6 Å². The summed E-state index contributed by atoms with van der Waals surface area (Å²) in [5, 5.41) is 5.98. The van der Waals surface area contributed by atoms with E-state index in [0.717, 1.165) is 11.3 Å². The molecule has 8 heteroatoms. The molecule has 0 radical (unpaired) electrons. The Morgan fingerprint density at radius 2 is 2.10 bits per heavy atom. The summed E-state index contributed by atoms with van der Waals surface area (Å²) in [4.78, 5) is 0. The third kappa shape index (κ3) is 4.02. The Morgan fingerprint density at radius 1 is 1.38 bits per heavy atom. The van der Waals surface area contributed by atoms with Crippen molar-refractivity contribution in [1.82, 2.24) is 4.03 Å². The molecule has 1 aromatic rings. The summed E-state index contributed by atoms with van der Waals surface area (Å²) in [6, 6.07) is 7.41. The molecule has 1 aliphatic rings. The molecule has 1 aliphatic heterocycles. The van der Waals surface area contributed by atoms with E-state index in [2.05, 4.69) is 5.10 Å². The van der Waals surface area contributed by atoms with Crippen molar-refractivity contribution in [3.63, 3.8) is 0 Å². The van der Waals surface area contributed by atoms with Crippen molar-refractivity contribution in [3.8, 4) is 0 Å². The molecule has 0 aromatic heterocycles. The number of hydrogen-bond donors (Lipinski definition) is 0. The van der Waals surface area contributed by atoms with E-state index in [4.69, 9.17) is 11.6 Å². The van der Waals surface area contributed by atoms with Crippen LogP contribution < -0.4 is 5.01 Å². The number of anilines is 1. The van der Waals surface area contributed by atoms with Gasteiger partial charge in [-0.25, -0.2) is 0 Å². The molecule has 0 aliphatic carbocycles. The molecule has 0 fully saturated rings. The molecule has 2 rings (SSSR count). The Balaban J connectivity index is 2.25. The Morgan fingerprint density at radius 3 is 2.71 bits per heavy atom. The van der Waals surface area contributed by atoms with Crippen LogP contribution in [-0.4, -0.2) is 40.0 Å². The fourth-order valence-electron chi connectivity index (χ4n) is 1.77. The summed E-state index contributed by atoms with van der Waals surface area (Å²) in [5.41, 5.74) is 1.61. The summed E-state index contributed by atoms with van der Waals surface area (Å²) >= 11 is 7.11. The number of hydrazone groups is 1. The van der Waals surface area contributed by atoms with Crippen molar-refractivity contribution in [2.45, 2.75) is 24.9 Å². The molecule has 5 nitrogen and oxygen atoms in total. The van der Waals surface area contributed by atoms with Crippen molar-refractivity contribution in [2.75, 3.05) is 5.01 Å². The van der Waals surface area contributed by atoms with Gasteiger partial charge in [-0.05, 0) is 0 Å². The van der Waals surface area contributed by atoms with Crippen LogP contribution in [0.2, 0.25) is 0 Å². The number of nitrogens with zero attached hydrogens (tertiary/aromatic N) is 3. The van der Waals surface area contributed by atoms with Gasteiger partial charge in [-0.15, -0.1) is 0 Å². The van der Waals surface area contributed by atoms with E-state index in [9.17, 15) is 8.42 Å². The minimum absolute atomic E-state index is 0.0366. The molecule has 0 saturated carbocycles. The Hall–Kier alpha value is -0.972. The summed E-state index contributed by atoms with van der Waals surface area (Å²) in [7, 11) is -3.12. The van der Waals surface area contributed by atoms with Gasteiger partial charge in [0.05, 0.1) is 0 Å². The predicted molar refractivity (Wildman–Crippen MR) is 89.5 cm³/mol. The van der Waals surface area contributed by atoms with Gasteiger partial charge in [0.15, 0.2) is 0 Å². The number of halogens is 1. The van der Waals surface area contributed by atoms with Gasteiger partial charge in [0, 0.05) is 0 Å². The number of benzene rings is 1. The molecule has 1 unspecified atom stereocenters. The SMILES string of the molecule is CC(C)S(=O)(=O)Cc1cccc(N2C=CC(Cl)=NN2[AsH2])c1. The fourth-order valence-corrected chi connectivity index (χ4v) is 3.74. The zero-order valence-electron chi connectivity index (χ0n) is 11.8. The van der Waals surface area contributed by atoms with E-state index in [0.29, 0.717) is 5.17 Å². The predicted octanol–water partition coefficient (Wildman–Crippen LogP) is 1.66. The second-order valence-electron chi connectivity index (χ2n) is 4.93. The second-order valence-corrected chi connectivity index (χ2v) is 8.84. The van der Waals surface area contributed by atoms with Gasteiger partial charge in [-0.1, -0.05) is 0 Å². The molecule has 1 atom stereocenters. The topological polar surface area (TPSA) is 53.0 Å². The number of rotatable bonds is 4. The quantitative estimate of drug-likeness (QED) is 0.735. The molecule has 0 amide bonds. The third-order valence-corrected chi connectivity index (χ3v) is 6.17. The van der Waals surface area contributed by atoms with Gasteiger partial charge >= 0.3 is 139 Å². The molecule has 0 spiro atoms. The van der Waals surface area contributed by atoms with Crippen LogP contribution in [0.5, 0.6) is 0 Å². The molecule has 0 saturated heterocycles. The van der Waals surface area contributed by atoms with E-state index in [1.807, 2.05) is 29.3 Å². The second kappa shape index (κ2) is 6.42. The fraction of sp³-hybridized carbons (Fsp3) is 0.308. The van der Waals surface area contributed by atoms with Crippen molar-refractivity contribution in [2.24, 2.45) is 5.10 Å². The summed E-state index contributed by atoms with van der Waals surface area (Å²) in [5.74, 6) is 0.0366. The Labute approximate surface area is 138 Å². The molecule has 1 heterocycles. The zero-order chi connectivity index (χ0) is 15.6. The van der Waals surface area contributed by atoms with Crippen LogP contribution in [0.3, 0.4) is 0 Å². The van der Waals surface area contributed by atoms with Gasteiger partial charge < -0.3 is 0 Å². The first-order valence-electron chi connectivity index (χ1n) is 6.36. The van der Waals surface area contributed by atoms with Gasteiger partial charge in [-0.3, -0.25) is 0 Å². The van der Waals surface area contributed by atoms with Gasteiger partial charge in [0.2, 0.25) is 0 Å². The number of hydrogen-bond acceptors (Lipinski definition) is 5. The Bertz CT molecular complexity index is 688. The normalized spacial score (nSPS) is 15.6. The molecule has 0 N–H and O–H groups in total. The van der Waals surface area contributed by atoms with Crippen molar-refractivity contribution < 1.29 is 8.42 Å². The molecule has 1 aromatic carbocycles. The first-order chi connectivity index (χ1) is 9.79. The van der Waals surface area contributed by atoms with Gasteiger partial charge in [0.1, 0.15) is 0 Å². The van der Waals surface area contributed by atoms with Gasteiger partial charge in [0.25, 0.3) is 0 Å². The van der Waals surface area contributed by atoms with E-state index < -0.39 is 9.84 Å². The van der Waals surface area contributed by atoms with Gasteiger partial charge in [-0.2, -0.15) is 0 Å². The van der Waals surface area contributed by atoms with Crippen LogP contribution in [0.25, 0.3) is 0 Å². The van der Waals surface area contributed by atoms with E-state index in [1.165, 1.54) is 17.1 Å². The number of hydrazine groups is 1. The summed E-state index contributed by atoms with van der Waals surface area (Å²) < 4.78 is 25.7. The van der Waals surface area contributed by atoms with Crippen LogP contribution >= 0.6 is 11.6 Å². The average molecular weight is 390 g/mol. The zero-order valence-corrected chi connectivity index (χ0v) is 15.8. The van der Waals surface area contributed by atoms with E-state index in [1.54, 1.807) is 30.2 Å². The van der Waals surface area contributed by atoms with Crippen molar-refractivity contribution in [1.29, 1.82) is 0 Å². The monoisotopic (exact) mass is 389 g/mol. The van der Waals surface area contributed by atoms with E-state index in [-0.39, 0.29) is 11.0 Å². The maximum atomic E-state index is 12.0. The molecule has 21 heavy (non-hydrogen) atoms. The molecular weight excluding hydrogens is 373 g/mol. The standard InChI is InChI=1S/C13H17AsClN3O2S/c1-10(2)21(19,20)9-11-4-3-5-12(8-11)17-7-6-13(15)16-18(17)14/h3-8,10H,9,14H2,1-2H3. The first kappa shape index (κ1) is 16.4. The van der Waals surface area contributed by atoms with Crippen LogP contribution in [0.4, 0.5) is 5.69 Å². The minimum atomic E-state index is -3.12. The third-order valence-electron chi connectivity index (χ3n) is 3.03. The average Bonchev–Trinajstić information content (AvgIpc) is 2.38. The number of allylic oxidation sites excluding steroid dienone is 1. The summed E-state index contributed by atoms with van der Waals surface area (Å²) in [6.07, 6.45) is 3.49. The van der Waals surface area contributed by atoms with Crippen LogP contribution in [-0.2, 0) is 15.6 Å². The molecule has 114 valence electrons. The van der Waals surface area contributed by atoms with Crippen LogP contribution in [0.1, 0.15) is 19.4 Å². The first-order valence-corrected chi connectivity index (χ1v) is 9.54. The van der Waals surface area contributed by atoms with Crippen LogP contribution in [0, 0.1) is 0 Å². The number of sulfone groups is 1. The molecule has 0 bridgehead atoms. The van der Waals surface area contributed by atoms with E-state index >= 15 is 0 Å². The van der Waals surface area contributed by atoms with Crippen molar-refractivity contribution >= 4 is 49.4 Å². The maximum absolute atomic E-state index is 12.0. The van der Waals surface area contributed by atoms with Crippen molar-refractivity contribution in [3.05, 3.63) is 42.1 Å². The Kier molecular flexibility index (Phi) is 5.02.